The molecule has 4 heterocycles. The highest BCUT2D eigenvalue weighted by molar-refractivity contribution is 5.86. The van der Waals surface area contributed by atoms with Gasteiger partial charge in [0, 0.05) is 60.8 Å². The van der Waals surface area contributed by atoms with E-state index in [0.29, 0.717) is 18.4 Å². The Bertz CT molecular complexity index is 890. The van der Waals surface area contributed by atoms with E-state index in [-0.39, 0.29) is 0 Å². The summed E-state index contributed by atoms with van der Waals surface area (Å²) in [5.74, 6) is 1.02. The van der Waals surface area contributed by atoms with Crippen LogP contribution in [0.25, 0.3) is 10.9 Å². The molecule has 3 aliphatic heterocycles. The Morgan fingerprint density at radius 1 is 1.10 bits per heavy atom. The van der Waals surface area contributed by atoms with Crippen LogP contribution in [0.3, 0.4) is 0 Å². The molecule has 2 unspecified atom stereocenters. The molecule has 5 rings (SSSR count). The summed E-state index contributed by atoms with van der Waals surface area (Å²) in [6, 6.07) is 9.21. The third-order valence-electron chi connectivity index (χ3n) is 7.63. The van der Waals surface area contributed by atoms with Gasteiger partial charge in [0.1, 0.15) is 0 Å². The number of carbonyl (C=O) groups is 1. The molecule has 2 fully saturated rings. The number of H-pyrrole nitrogens is 1. The Labute approximate surface area is 180 Å². The van der Waals surface area contributed by atoms with Crippen LogP contribution in [0.5, 0.6) is 0 Å². The number of benzene rings is 1. The Kier molecular flexibility index (Phi) is 5.83. The van der Waals surface area contributed by atoms with E-state index in [0.717, 1.165) is 38.6 Å². The zero-order chi connectivity index (χ0) is 20.5. The fraction of sp³-hybridized carbons (Fsp3) is 0.640. The fourth-order valence-corrected chi connectivity index (χ4v) is 5.88. The number of rotatable bonds is 4. The lowest BCUT2D eigenvalue weighted by molar-refractivity contribution is -0.133. The molecule has 0 radical (unpaired) electrons. The Hall–Kier alpha value is -1.85. The summed E-state index contributed by atoms with van der Waals surface area (Å²) in [4.78, 5) is 23.9. The van der Waals surface area contributed by atoms with Gasteiger partial charge in [-0.1, -0.05) is 24.6 Å². The van der Waals surface area contributed by atoms with Crippen molar-refractivity contribution in [2.75, 3.05) is 39.3 Å². The zero-order valence-electron chi connectivity index (χ0n) is 18.4. The Morgan fingerprint density at radius 2 is 2.00 bits per heavy atom. The third kappa shape index (κ3) is 4.15. The van der Waals surface area contributed by atoms with Gasteiger partial charge in [-0.15, -0.1) is 0 Å². The van der Waals surface area contributed by atoms with Crippen molar-refractivity contribution in [3.8, 4) is 0 Å². The monoisotopic (exact) mass is 408 g/mol. The highest BCUT2D eigenvalue weighted by Crippen LogP contribution is 2.28. The number of aromatic amines is 1. The number of aromatic nitrogens is 1. The largest absolute Gasteiger partial charge is 0.358 e. The predicted molar refractivity (Wildman–Crippen MR) is 121 cm³/mol. The van der Waals surface area contributed by atoms with E-state index in [1.807, 2.05) is 0 Å². The van der Waals surface area contributed by atoms with Crippen molar-refractivity contribution in [1.29, 1.82) is 0 Å². The minimum atomic E-state index is 0.304. The molecular weight excluding hydrogens is 372 g/mol. The van der Waals surface area contributed by atoms with Gasteiger partial charge in [0.15, 0.2) is 0 Å². The van der Waals surface area contributed by atoms with E-state index in [9.17, 15) is 4.79 Å². The molecule has 2 aromatic rings. The van der Waals surface area contributed by atoms with Gasteiger partial charge in [0.05, 0.1) is 6.54 Å². The van der Waals surface area contributed by atoms with Gasteiger partial charge < -0.3 is 14.8 Å². The van der Waals surface area contributed by atoms with E-state index >= 15 is 0 Å². The number of hydrogen-bond donors (Lipinski definition) is 1. The minimum absolute atomic E-state index is 0.304. The summed E-state index contributed by atoms with van der Waals surface area (Å²) < 4.78 is 0. The summed E-state index contributed by atoms with van der Waals surface area (Å²) >= 11 is 0. The zero-order valence-corrected chi connectivity index (χ0v) is 18.4. The van der Waals surface area contributed by atoms with E-state index < -0.39 is 0 Å². The van der Waals surface area contributed by atoms with Crippen LogP contribution in [0.2, 0.25) is 0 Å². The van der Waals surface area contributed by atoms with Crippen LogP contribution in [-0.4, -0.2) is 70.9 Å². The van der Waals surface area contributed by atoms with Crippen molar-refractivity contribution in [3.05, 3.63) is 35.5 Å². The van der Waals surface area contributed by atoms with Gasteiger partial charge in [-0.2, -0.15) is 0 Å². The summed E-state index contributed by atoms with van der Waals surface area (Å²) in [5.41, 5.74) is 3.83. The highest BCUT2D eigenvalue weighted by atomic mass is 16.2. The molecule has 2 atom stereocenters. The van der Waals surface area contributed by atoms with E-state index in [4.69, 9.17) is 0 Å². The Morgan fingerprint density at radius 3 is 2.90 bits per heavy atom. The SMILES string of the molecule is CC1CCCCN1CC1CCCN(CC(=O)N2CCc3[nH]c4ccccc4c3C2)C1. The number of hydrogen-bond acceptors (Lipinski definition) is 3. The predicted octanol–water partition coefficient (Wildman–Crippen LogP) is 3.64. The van der Waals surface area contributed by atoms with Gasteiger partial charge in [0.2, 0.25) is 5.91 Å². The normalized spacial score (nSPS) is 26.1. The third-order valence-corrected chi connectivity index (χ3v) is 7.63. The molecule has 0 saturated carbocycles. The molecule has 1 N–H and O–H groups in total. The molecule has 1 aromatic carbocycles. The van der Waals surface area contributed by atoms with Crippen molar-refractivity contribution >= 4 is 16.8 Å². The quantitative estimate of drug-likeness (QED) is 0.840. The molecule has 0 bridgehead atoms. The average Bonchev–Trinajstić information content (AvgIpc) is 3.13. The molecule has 2 saturated heterocycles. The van der Waals surface area contributed by atoms with Gasteiger partial charge in [-0.25, -0.2) is 0 Å². The highest BCUT2D eigenvalue weighted by Gasteiger charge is 2.29. The second kappa shape index (κ2) is 8.72. The van der Waals surface area contributed by atoms with Crippen LogP contribution in [0.15, 0.2) is 24.3 Å². The number of carbonyl (C=O) groups excluding carboxylic acids is 1. The molecular formula is C25H36N4O. The Balaban J connectivity index is 1.18. The lowest BCUT2D eigenvalue weighted by Gasteiger charge is -2.40. The molecule has 5 nitrogen and oxygen atoms in total. The topological polar surface area (TPSA) is 42.6 Å². The maximum absolute atomic E-state index is 13.1. The smallest absolute Gasteiger partial charge is 0.237 e. The van der Waals surface area contributed by atoms with Crippen molar-refractivity contribution in [3.63, 3.8) is 0 Å². The van der Waals surface area contributed by atoms with Crippen LogP contribution in [0, 0.1) is 5.92 Å². The van der Waals surface area contributed by atoms with Crippen molar-refractivity contribution in [2.24, 2.45) is 5.92 Å². The number of likely N-dealkylation sites (tertiary alicyclic amines) is 2. The van der Waals surface area contributed by atoms with Crippen LogP contribution in [0.4, 0.5) is 0 Å². The van der Waals surface area contributed by atoms with Gasteiger partial charge >= 0.3 is 0 Å². The number of para-hydroxylation sites is 1. The maximum atomic E-state index is 13.1. The molecule has 1 aromatic heterocycles. The molecule has 0 aliphatic carbocycles. The standard InChI is InChI=1S/C25H36N4O/c1-19-7-4-5-13-28(19)16-20-8-6-12-27(15-20)18-25(30)29-14-11-24-22(17-29)21-9-2-3-10-23(21)26-24/h2-3,9-10,19-20,26H,4-8,11-18H2,1H3. The lowest BCUT2D eigenvalue weighted by Crippen LogP contribution is -2.48. The molecule has 3 aliphatic rings. The molecule has 5 heteroatoms. The molecule has 0 spiro atoms. The second-order valence-corrected chi connectivity index (χ2v) is 9.78. The van der Waals surface area contributed by atoms with Gasteiger partial charge in [-0.05, 0) is 57.7 Å². The summed E-state index contributed by atoms with van der Waals surface area (Å²) in [5, 5.41) is 1.28. The van der Waals surface area contributed by atoms with Crippen molar-refractivity contribution in [2.45, 2.75) is 58.0 Å². The summed E-state index contributed by atoms with van der Waals surface area (Å²) in [7, 11) is 0. The van der Waals surface area contributed by atoms with Crippen LogP contribution in [-0.2, 0) is 17.8 Å². The number of piperidine rings is 2. The molecule has 162 valence electrons. The number of nitrogens with one attached hydrogen (secondary N) is 1. The van der Waals surface area contributed by atoms with Crippen LogP contribution >= 0.6 is 0 Å². The number of amides is 1. The fourth-order valence-electron chi connectivity index (χ4n) is 5.88. The van der Waals surface area contributed by atoms with E-state index in [2.05, 4.69) is 50.9 Å². The summed E-state index contributed by atoms with van der Waals surface area (Å²) in [6.07, 6.45) is 7.56. The first-order valence-electron chi connectivity index (χ1n) is 12.0. The van der Waals surface area contributed by atoms with Crippen molar-refractivity contribution in [1.82, 2.24) is 19.7 Å². The minimum Gasteiger partial charge on any atom is -0.358 e. The van der Waals surface area contributed by atoms with Crippen molar-refractivity contribution < 1.29 is 4.79 Å². The first kappa shape index (κ1) is 20.1. The first-order chi connectivity index (χ1) is 14.7. The van der Waals surface area contributed by atoms with Gasteiger partial charge in [0.25, 0.3) is 0 Å². The van der Waals surface area contributed by atoms with E-state index in [1.165, 1.54) is 67.4 Å². The number of nitrogens with zero attached hydrogens (tertiary/aromatic N) is 3. The van der Waals surface area contributed by atoms with Crippen LogP contribution in [0.1, 0.15) is 50.3 Å². The van der Waals surface area contributed by atoms with Gasteiger partial charge in [-0.3, -0.25) is 9.69 Å². The molecule has 30 heavy (non-hydrogen) atoms. The number of fused-ring (bicyclic) bond motifs is 3. The molecule has 1 amide bonds. The second-order valence-electron chi connectivity index (χ2n) is 9.78. The van der Waals surface area contributed by atoms with E-state index in [1.54, 1.807) is 0 Å². The lowest BCUT2D eigenvalue weighted by atomic mass is 9.94. The summed E-state index contributed by atoms with van der Waals surface area (Å²) in [6.45, 7) is 9.20. The average molecular weight is 409 g/mol. The first-order valence-corrected chi connectivity index (χ1v) is 12.0. The maximum Gasteiger partial charge on any atom is 0.237 e. The van der Waals surface area contributed by atoms with Crippen LogP contribution < -0.4 is 0 Å².